The fourth-order valence-electron chi connectivity index (χ4n) is 3.02. The van der Waals surface area contributed by atoms with Crippen LogP contribution in [0.15, 0.2) is 30.5 Å². The molecule has 0 bridgehead atoms. The Labute approximate surface area is 134 Å². The van der Waals surface area contributed by atoms with Crippen molar-refractivity contribution in [2.75, 3.05) is 6.54 Å². The van der Waals surface area contributed by atoms with Gasteiger partial charge in [0.2, 0.25) is 5.91 Å². The zero-order valence-electron chi connectivity index (χ0n) is 12.6. The Kier molecular flexibility index (Phi) is 4.43. The number of nitrogens with zero attached hydrogens (tertiary/aromatic N) is 4. The van der Waals surface area contributed by atoms with Crippen molar-refractivity contribution < 1.29 is 4.79 Å². The molecule has 2 heterocycles. The van der Waals surface area contributed by atoms with E-state index in [0.29, 0.717) is 11.4 Å². The molecule has 5 nitrogen and oxygen atoms in total. The first kappa shape index (κ1) is 15.0. The predicted octanol–water partition coefficient (Wildman–Crippen LogP) is 2.76. The standard InChI is InChI=1S/C16H19ClN4O/c1-20-14(11-18-19-20)10-16(22)21-8-3-2-7-15(21)12-5-4-6-13(17)9-12/h4-6,9,11,15H,2-3,7-8,10H2,1H3. The van der Waals surface area contributed by atoms with Crippen molar-refractivity contribution >= 4 is 17.5 Å². The summed E-state index contributed by atoms with van der Waals surface area (Å²) < 4.78 is 1.65. The summed E-state index contributed by atoms with van der Waals surface area (Å²) in [6.07, 6.45) is 5.15. The minimum Gasteiger partial charge on any atom is -0.335 e. The van der Waals surface area contributed by atoms with E-state index in [2.05, 4.69) is 10.3 Å². The Morgan fingerprint density at radius 2 is 2.27 bits per heavy atom. The van der Waals surface area contributed by atoms with Gasteiger partial charge < -0.3 is 4.90 Å². The molecule has 0 aliphatic carbocycles. The van der Waals surface area contributed by atoms with Gasteiger partial charge in [-0.25, -0.2) is 0 Å². The van der Waals surface area contributed by atoms with Crippen molar-refractivity contribution in [2.24, 2.45) is 7.05 Å². The molecule has 116 valence electrons. The van der Waals surface area contributed by atoms with Gasteiger partial charge in [-0.2, -0.15) is 0 Å². The number of carbonyl (C=O) groups excluding carboxylic acids is 1. The summed E-state index contributed by atoms with van der Waals surface area (Å²) >= 11 is 6.10. The van der Waals surface area contributed by atoms with Crippen molar-refractivity contribution in [1.82, 2.24) is 19.9 Å². The summed E-state index contributed by atoms with van der Waals surface area (Å²) in [4.78, 5) is 14.7. The monoisotopic (exact) mass is 318 g/mol. The van der Waals surface area contributed by atoms with Crippen LogP contribution in [0.25, 0.3) is 0 Å². The van der Waals surface area contributed by atoms with Crippen LogP contribution in [-0.4, -0.2) is 32.3 Å². The zero-order valence-corrected chi connectivity index (χ0v) is 13.3. The second-order valence-corrected chi connectivity index (χ2v) is 6.12. The molecule has 1 aromatic heterocycles. The molecule has 2 aromatic rings. The van der Waals surface area contributed by atoms with Gasteiger partial charge in [0.1, 0.15) is 0 Å². The van der Waals surface area contributed by atoms with Gasteiger partial charge in [0.25, 0.3) is 0 Å². The smallest absolute Gasteiger partial charge is 0.229 e. The molecule has 22 heavy (non-hydrogen) atoms. The van der Waals surface area contributed by atoms with Crippen LogP contribution in [0.3, 0.4) is 0 Å². The van der Waals surface area contributed by atoms with Gasteiger partial charge >= 0.3 is 0 Å². The summed E-state index contributed by atoms with van der Waals surface area (Å²) in [7, 11) is 1.81. The molecule has 3 rings (SSSR count). The van der Waals surface area contributed by atoms with E-state index >= 15 is 0 Å². The minimum absolute atomic E-state index is 0.112. The lowest BCUT2D eigenvalue weighted by molar-refractivity contribution is -0.134. The molecular weight excluding hydrogens is 300 g/mol. The number of aromatic nitrogens is 3. The number of carbonyl (C=O) groups is 1. The van der Waals surface area contributed by atoms with Crippen molar-refractivity contribution in [2.45, 2.75) is 31.7 Å². The van der Waals surface area contributed by atoms with Crippen molar-refractivity contribution in [3.8, 4) is 0 Å². The van der Waals surface area contributed by atoms with Crippen LogP contribution in [0.1, 0.15) is 36.6 Å². The van der Waals surface area contributed by atoms with Crippen LogP contribution in [0, 0.1) is 0 Å². The van der Waals surface area contributed by atoms with Crippen LogP contribution in [0.4, 0.5) is 0 Å². The number of piperidine rings is 1. The summed E-state index contributed by atoms with van der Waals surface area (Å²) in [6, 6.07) is 7.93. The number of halogens is 1. The highest BCUT2D eigenvalue weighted by Gasteiger charge is 2.28. The van der Waals surface area contributed by atoms with Crippen LogP contribution in [-0.2, 0) is 18.3 Å². The summed E-state index contributed by atoms with van der Waals surface area (Å²) in [5.41, 5.74) is 1.95. The molecule has 1 fully saturated rings. The third-order valence-corrected chi connectivity index (χ3v) is 4.43. The van der Waals surface area contributed by atoms with Gasteiger partial charge in [-0.15, -0.1) is 5.10 Å². The summed E-state index contributed by atoms with van der Waals surface area (Å²) in [5, 5.41) is 8.43. The Balaban J connectivity index is 1.80. The molecule has 1 atom stereocenters. The maximum atomic E-state index is 12.7. The quantitative estimate of drug-likeness (QED) is 0.874. The third-order valence-electron chi connectivity index (χ3n) is 4.20. The summed E-state index contributed by atoms with van der Waals surface area (Å²) in [6.45, 7) is 0.793. The van der Waals surface area contributed by atoms with E-state index in [1.807, 2.05) is 29.2 Å². The molecule has 1 unspecified atom stereocenters. The number of hydrogen-bond donors (Lipinski definition) is 0. The zero-order chi connectivity index (χ0) is 15.5. The molecule has 1 aliphatic heterocycles. The maximum Gasteiger partial charge on any atom is 0.229 e. The number of aryl methyl sites for hydroxylation is 1. The molecule has 0 radical (unpaired) electrons. The van der Waals surface area contributed by atoms with E-state index in [-0.39, 0.29) is 11.9 Å². The Hall–Kier alpha value is -1.88. The average Bonchev–Trinajstić information content (AvgIpc) is 2.92. The van der Waals surface area contributed by atoms with Gasteiger partial charge in [-0.3, -0.25) is 9.48 Å². The van der Waals surface area contributed by atoms with E-state index in [0.717, 1.165) is 37.1 Å². The first-order valence-corrected chi connectivity index (χ1v) is 7.91. The maximum absolute atomic E-state index is 12.7. The Morgan fingerprint density at radius 1 is 1.41 bits per heavy atom. The van der Waals surface area contributed by atoms with Gasteiger partial charge in [0.15, 0.2) is 0 Å². The minimum atomic E-state index is 0.112. The lowest BCUT2D eigenvalue weighted by Crippen LogP contribution is -2.39. The fraction of sp³-hybridized carbons (Fsp3) is 0.438. The molecule has 6 heteroatoms. The topological polar surface area (TPSA) is 51.0 Å². The van der Waals surface area contributed by atoms with Gasteiger partial charge in [-0.1, -0.05) is 28.9 Å². The van der Waals surface area contributed by atoms with Crippen molar-refractivity contribution in [3.05, 3.63) is 46.7 Å². The molecule has 1 saturated heterocycles. The highest BCUT2D eigenvalue weighted by atomic mass is 35.5. The van der Waals surface area contributed by atoms with Crippen molar-refractivity contribution in [3.63, 3.8) is 0 Å². The SMILES string of the molecule is Cn1nncc1CC(=O)N1CCCCC1c1cccc(Cl)c1. The fourth-order valence-corrected chi connectivity index (χ4v) is 3.22. The van der Waals surface area contributed by atoms with E-state index in [4.69, 9.17) is 11.6 Å². The molecule has 0 saturated carbocycles. The van der Waals surface area contributed by atoms with Gasteiger partial charge in [-0.05, 0) is 37.0 Å². The normalized spacial score (nSPS) is 18.5. The Morgan fingerprint density at radius 3 is 3.00 bits per heavy atom. The number of likely N-dealkylation sites (tertiary alicyclic amines) is 1. The van der Waals surface area contributed by atoms with Crippen LogP contribution in [0.5, 0.6) is 0 Å². The third kappa shape index (κ3) is 3.14. The number of amides is 1. The Bertz CT molecular complexity index is 670. The van der Waals surface area contributed by atoms with Gasteiger partial charge in [0.05, 0.1) is 24.4 Å². The second-order valence-electron chi connectivity index (χ2n) is 5.68. The van der Waals surface area contributed by atoms with E-state index in [1.165, 1.54) is 0 Å². The van der Waals surface area contributed by atoms with E-state index in [9.17, 15) is 4.79 Å². The average molecular weight is 319 g/mol. The number of hydrogen-bond acceptors (Lipinski definition) is 3. The van der Waals surface area contributed by atoms with Crippen molar-refractivity contribution in [1.29, 1.82) is 0 Å². The van der Waals surface area contributed by atoms with Crippen LogP contribution >= 0.6 is 11.6 Å². The van der Waals surface area contributed by atoms with Crippen LogP contribution in [0.2, 0.25) is 5.02 Å². The lowest BCUT2D eigenvalue weighted by Gasteiger charge is -2.36. The summed E-state index contributed by atoms with van der Waals surface area (Å²) in [5.74, 6) is 0.120. The lowest BCUT2D eigenvalue weighted by atomic mass is 9.95. The number of benzene rings is 1. The molecule has 1 aromatic carbocycles. The predicted molar refractivity (Wildman–Crippen MR) is 84.5 cm³/mol. The highest BCUT2D eigenvalue weighted by molar-refractivity contribution is 6.30. The van der Waals surface area contributed by atoms with Crippen LogP contribution < -0.4 is 0 Å². The molecular formula is C16H19ClN4O. The van der Waals surface area contributed by atoms with E-state index < -0.39 is 0 Å². The largest absolute Gasteiger partial charge is 0.335 e. The number of rotatable bonds is 3. The second kappa shape index (κ2) is 6.48. The molecule has 0 N–H and O–H groups in total. The molecule has 1 amide bonds. The molecule has 1 aliphatic rings. The first-order chi connectivity index (χ1) is 10.6. The highest BCUT2D eigenvalue weighted by Crippen LogP contribution is 2.32. The van der Waals surface area contributed by atoms with Gasteiger partial charge in [0, 0.05) is 18.6 Å². The molecule has 0 spiro atoms. The van der Waals surface area contributed by atoms with E-state index in [1.54, 1.807) is 17.9 Å². The first-order valence-electron chi connectivity index (χ1n) is 7.53.